The number of imidazole rings is 1. The molecule has 4 heteroatoms. The van der Waals surface area contributed by atoms with Crippen molar-refractivity contribution in [3.05, 3.63) is 267 Å². The van der Waals surface area contributed by atoms with Gasteiger partial charge in [0.05, 0.1) is 11.4 Å². The Bertz CT molecular complexity index is 3360. The van der Waals surface area contributed by atoms with Gasteiger partial charge in [0.25, 0.3) is 0 Å². The predicted octanol–water partition coefficient (Wildman–Crippen LogP) is 17.9. The van der Waals surface area contributed by atoms with E-state index in [1.165, 1.54) is 27.8 Å². The number of rotatable bonds is 11. The van der Waals surface area contributed by atoms with Crippen LogP contribution in [0.1, 0.15) is 26.3 Å². The molecule has 2 heterocycles. The summed E-state index contributed by atoms with van der Waals surface area (Å²) < 4.78 is 2.18. The molecule has 0 bridgehead atoms. The predicted molar refractivity (Wildman–Crippen MR) is 290 cm³/mol. The summed E-state index contributed by atoms with van der Waals surface area (Å²) in [5.74, 6) is 0. The van der Waals surface area contributed by atoms with Gasteiger partial charge in [-0.15, -0.1) is 0 Å². The van der Waals surface area contributed by atoms with Crippen LogP contribution in [-0.2, 0) is 5.41 Å². The Kier molecular flexibility index (Phi) is 11.5. The molecule has 0 aliphatic heterocycles. The van der Waals surface area contributed by atoms with Gasteiger partial charge in [0, 0.05) is 51.4 Å². The van der Waals surface area contributed by atoms with Gasteiger partial charge in [0.15, 0.2) is 0 Å². The zero-order chi connectivity index (χ0) is 46.7. The van der Waals surface area contributed by atoms with Crippen molar-refractivity contribution in [1.29, 1.82) is 0 Å². The molecule has 0 saturated heterocycles. The van der Waals surface area contributed by atoms with E-state index in [0.29, 0.717) is 0 Å². The van der Waals surface area contributed by atoms with E-state index in [4.69, 9.17) is 4.98 Å². The first-order valence-corrected chi connectivity index (χ1v) is 23.7. The second-order valence-electron chi connectivity index (χ2n) is 18.5. The van der Waals surface area contributed by atoms with Gasteiger partial charge in [0.1, 0.15) is 5.65 Å². The molecule has 0 N–H and O–H groups in total. The average molecular weight is 889 g/mol. The van der Waals surface area contributed by atoms with E-state index in [1.54, 1.807) is 0 Å². The highest BCUT2D eigenvalue weighted by atomic mass is 15.1. The van der Waals surface area contributed by atoms with Crippen LogP contribution in [0.25, 0.3) is 61.5 Å². The van der Waals surface area contributed by atoms with E-state index in [2.05, 4.69) is 290 Å². The summed E-state index contributed by atoms with van der Waals surface area (Å²) in [4.78, 5) is 9.82. The standard InChI is InChI=1S/C65H52N4/c1-65(2,3)55-32-44-61(45-33-55)69(60-42-30-53(31-43-60)63-64(54-19-11-6-12-20-54)67-46-14-13-21-62(67)66-63)59-40-28-52(29-41-59)51-26-38-58(39-27-51)68(56-34-22-49(23-35-56)47-15-7-4-8-16-47)57-36-24-50(25-37-57)48-17-9-5-10-18-48/h4-46H,1-3H3. The molecule has 0 fully saturated rings. The Morgan fingerprint density at radius 3 is 0.971 bits per heavy atom. The highest BCUT2D eigenvalue weighted by Crippen LogP contribution is 2.41. The Labute approximate surface area is 405 Å². The molecular formula is C65H52N4. The van der Waals surface area contributed by atoms with Crippen LogP contribution in [-0.4, -0.2) is 9.38 Å². The molecule has 9 aromatic carbocycles. The zero-order valence-corrected chi connectivity index (χ0v) is 39.1. The molecule has 11 aromatic rings. The van der Waals surface area contributed by atoms with Gasteiger partial charge in [0.2, 0.25) is 0 Å². The minimum atomic E-state index is 0.0454. The van der Waals surface area contributed by atoms with E-state index >= 15 is 0 Å². The molecule has 0 amide bonds. The minimum Gasteiger partial charge on any atom is -0.311 e. The maximum Gasteiger partial charge on any atom is 0.137 e. The largest absolute Gasteiger partial charge is 0.311 e. The SMILES string of the molecule is CC(C)(C)c1ccc(N(c2ccc(-c3ccc(N(c4ccc(-c5ccccc5)cc4)c4ccc(-c5ccccc5)cc4)cc3)cc2)c2ccc(-c3nc4ccccn4c3-c3ccccc3)cc2)cc1. The summed E-state index contributed by atoms with van der Waals surface area (Å²) in [5, 5.41) is 0. The van der Waals surface area contributed by atoms with E-state index in [9.17, 15) is 0 Å². The number of pyridine rings is 1. The number of nitrogens with zero attached hydrogens (tertiary/aromatic N) is 4. The second kappa shape index (κ2) is 18.5. The highest BCUT2D eigenvalue weighted by molar-refractivity contribution is 5.86. The van der Waals surface area contributed by atoms with Gasteiger partial charge < -0.3 is 9.80 Å². The second-order valence-corrected chi connectivity index (χ2v) is 18.5. The Morgan fingerprint density at radius 1 is 0.304 bits per heavy atom. The van der Waals surface area contributed by atoms with Crippen molar-refractivity contribution >= 4 is 39.8 Å². The van der Waals surface area contributed by atoms with Crippen molar-refractivity contribution < 1.29 is 0 Å². The van der Waals surface area contributed by atoms with Crippen LogP contribution in [0.4, 0.5) is 34.1 Å². The molecule has 332 valence electrons. The molecule has 4 nitrogen and oxygen atoms in total. The number of anilines is 6. The summed E-state index contributed by atoms with van der Waals surface area (Å²) in [7, 11) is 0. The molecule has 0 aliphatic rings. The average Bonchev–Trinajstić information content (AvgIpc) is 3.80. The molecule has 0 spiro atoms. The van der Waals surface area contributed by atoms with Crippen LogP contribution >= 0.6 is 0 Å². The van der Waals surface area contributed by atoms with E-state index in [-0.39, 0.29) is 5.41 Å². The van der Waals surface area contributed by atoms with Crippen molar-refractivity contribution in [2.24, 2.45) is 0 Å². The van der Waals surface area contributed by atoms with Crippen LogP contribution in [0.2, 0.25) is 0 Å². The lowest BCUT2D eigenvalue weighted by atomic mass is 9.87. The van der Waals surface area contributed by atoms with E-state index in [0.717, 1.165) is 73.4 Å². The normalized spacial score (nSPS) is 11.4. The number of benzene rings is 9. The Balaban J connectivity index is 0.916. The Hall–Kier alpha value is -8.73. The molecule has 11 rings (SSSR count). The topological polar surface area (TPSA) is 23.8 Å². The number of hydrogen-bond acceptors (Lipinski definition) is 3. The van der Waals surface area contributed by atoms with E-state index in [1.807, 2.05) is 6.07 Å². The smallest absolute Gasteiger partial charge is 0.137 e. The molecule has 69 heavy (non-hydrogen) atoms. The van der Waals surface area contributed by atoms with Crippen molar-refractivity contribution in [1.82, 2.24) is 9.38 Å². The van der Waals surface area contributed by atoms with Crippen molar-refractivity contribution in [2.45, 2.75) is 26.2 Å². The van der Waals surface area contributed by atoms with Crippen LogP contribution < -0.4 is 9.80 Å². The van der Waals surface area contributed by atoms with Crippen LogP contribution in [0.3, 0.4) is 0 Å². The van der Waals surface area contributed by atoms with Gasteiger partial charge >= 0.3 is 0 Å². The number of fused-ring (bicyclic) bond motifs is 1. The first-order chi connectivity index (χ1) is 33.8. The minimum absolute atomic E-state index is 0.0454. The van der Waals surface area contributed by atoms with Crippen molar-refractivity contribution in [3.8, 4) is 55.9 Å². The van der Waals surface area contributed by atoms with Gasteiger partial charge in [-0.3, -0.25) is 4.40 Å². The number of aromatic nitrogens is 2. The monoisotopic (exact) mass is 888 g/mol. The molecule has 0 aliphatic carbocycles. The molecule has 0 atom stereocenters. The van der Waals surface area contributed by atoms with Gasteiger partial charge in [-0.25, -0.2) is 4.98 Å². The fraction of sp³-hybridized carbons (Fsp3) is 0.0615. The van der Waals surface area contributed by atoms with Crippen LogP contribution in [0, 0.1) is 0 Å². The summed E-state index contributed by atoms with van der Waals surface area (Å²) >= 11 is 0. The summed E-state index contributed by atoms with van der Waals surface area (Å²) in [6, 6.07) is 91.3. The zero-order valence-electron chi connectivity index (χ0n) is 39.1. The third-order valence-corrected chi connectivity index (χ3v) is 13.0. The lowest BCUT2D eigenvalue weighted by Crippen LogP contribution is -2.13. The fourth-order valence-electron chi connectivity index (χ4n) is 9.32. The molecule has 2 aromatic heterocycles. The van der Waals surface area contributed by atoms with Crippen LogP contribution in [0.5, 0.6) is 0 Å². The lowest BCUT2D eigenvalue weighted by molar-refractivity contribution is 0.590. The third-order valence-electron chi connectivity index (χ3n) is 13.0. The van der Waals surface area contributed by atoms with E-state index < -0.39 is 0 Å². The fourth-order valence-corrected chi connectivity index (χ4v) is 9.32. The molecule has 0 radical (unpaired) electrons. The Morgan fingerprint density at radius 2 is 0.609 bits per heavy atom. The molecule has 0 unspecified atom stereocenters. The summed E-state index contributed by atoms with van der Waals surface area (Å²) in [5.41, 5.74) is 20.1. The van der Waals surface area contributed by atoms with Crippen LogP contribution in [0.15, 0.2) is 261 Å². The first kappa shape index (κ1) is 42.9. The maximum absolute atomic E-state index is 5.14. The quantitative estimate of drug-likeness (QED) is 0.129. The van der Waals surface area contributed by atoms with Gasteiger partial charge in [-0.2, -0.15) is 0 Å². The first-order valence-electron chi connectivity index (χ1n) is 23.7. The van der Waals surface area contributed by atoms with Gasteiger partial charge in [-0.05, 0) is 129 Å². The summed E-state index contributed by atoms with van der Waals surface area (Å²) in [6.45, 7) is 6.78. The molecular weight excluding hydrogens is 837 g/mol. The van der Waals surface area contributed by atoms with Gasteiger partial charge in [-0.1, -0.05) is 191 Å². The highest BCUT2D eigenvalue weighted by Gasteiger charge is 2.20. The third kappa shape index (κ3) is 8.84. The maximum atomic E-state index is 5.14. The van der Waals surface area contributed by atoms with Crippen molar-refractivity contribution in [3.63, 3.8) is 0 Å². The lowest BCUT2D eigenvalue weighted by Gasteiger charge is -2.27. The summed E-state index contributed by atoms with van der Waals surface area (Å²) in [6.07, 6.45) is 2.09. The molecule has 0 saturated carbocycles. The van der Waals surface area contributed by atoms with Crippen molar-refractivity contribution in [2.75, 3.05) is 9.80 Å². The number of hydrogen-bond donors (Lipinski definition) is 0.